The molecule has 0 spiro atoms. The van der Waals surface area contributed by atoms with E-state index in [2.05, 4.69) is 31.8 Å². The number of anilines is 1. The molecule has 1 saturated heterocycles. The number of nitrogens with one attached hydrogen (secondary N) is 2. The van der Waals surface area contributed by atoms with Crippen molar-refractivity contribution in [3.63, 3.8) is 0 Å². The first-order chi connectivity index (χ1) is 20.5. The molecular weight excluding hydrogens is 571 g/mol. The van der Waals surface area contributed by atoms with Crippen molar-refractivity contribution >= 4 is 21.7 Å². The highest BCUT2D eigenvalue weighted by Gasteiger charge is 2.43. The lowest BCUT2D eigenvalue weighted by molar-refractivity contribution is 0.0713. The van der Waals surface area contributed by atoms with Gasteiger partial charge < -0.3 is 19.9 Å². The third-order valence-electron chi connectivity index (χ3n) is 8.88. The van der Waals surface area contributed by atoms with E-state index in [4.69, 9.17) is 4.74 Å². The Hall–Kier alpha value is -2.83. The van der Waals surface area contributed by atoms with Crippen LogP contribution in [0.1, 0.15) is 77.1 Å². The van der Waals surface area contributed by atoms with Gasteiger partial charge in [0.1, 0.15) is 17.9 Å². The summed E-state index contributed by atoms with van der Waals surface area (Å²) in [7, 11) is -3.16. The van der Waals surface area contributed by atoms with Crippen LogP contribution in [-0.2, 0) is 10.0 Å². The van der Waals surface area contributed by atoms with Gasteiger partial charge in [0.15, 0.2) is 11.6 Å². The maximum absolute atomic E-state index is 14.2. The molecule has 1 saturated carbocycles. The highest BCUT2D eigenvalue weighted by Crippen LogP contribution is 2.41. The van der Waals surface area contributed by atoms with Crippen LogP contribution in [0.25, 0.3) is 0 Å². The van der Waals surface area contributed by atoms with Gasteiger partial charge in [-0.25, -0.2) is 27.5 Å². The fraction of sp³-hybridized carbons (Fsp3) is 0.645. The summed E-state index contributed by atoms with van der Waals surface area (Å²) in [5.41, 5.74) is 0.254. The third kappa shape index (κ3) is 8.21. The van der Waals surface area contributed by atoms with E-state index in [1.165, 1.54) is 24.5 Å². The van der Waals surface area contributed by atoms with Gasteiger partial charge in [0.25, 0.3) is 5.91 Å². The van der Waals surface area contributed by atoms with E-state index in [0.717, 1.165) is 58.3 Å². The normalized spacial score (nSPS) is 20.1. The lowest BCUT2D eigenvalue weighted by Gasteiger charge is -2.51. The maximum atomic E-state index is 14.2. The lowest BCUT2D eigenvalue weighted by atomic mass is 9.77. The summed E-state index contributed by atoms with van der Waals surface area (Å²) < 4.78 is 47.0. The zero-order chi connectivity index (χ0) is 31.2. The van der Waals surface area contributed by atoms with E-state index in [1.54, 1.807) is 18.0 Å². The molecule has 2 aromatic rings. The topological polar surface area (TPSA) is 117 Å². The van der Waals surface area contributed by atoms with Gasteiger partial charge in [-0.3, -0.25) is 4.79 Å². The molecule has 2 aliphatic rings. The first-order valence-corrected chi connectivity index (χ1v) is 17.2. The lowest BCUT2D eigenvalue weighted by Crippen LogP contribution is -2.61. The number of sulfonamides is 1. The zero-order valence-electron chi connectivity index (χ0n) is 26.1. The second kappa shape index (κ2) is 14.3. The van der Waals surface area contributed by atoms with Crippen LogP contribution < -0.4 is 19.7 Å². The van der Waals surface area contributed by atoms with Gasteiger partial charge in [-0.05, 0) is 90.5 Å². The highest BCUT2D eigenvalue weighted by atomic mass is 32.2. The summed E-state index contributed by atoms with van der Waals surface area (Å²) in [6.45, 7) is 13.5. The first kappa shape index (κ1) is 33.1. The number of aromatic nitrogens is 2. The number of halogens is 1. The van der Waals surface area contributed by atoms with E-state index >= 15 is 0 Å². The summed E-state index contributed by atoms with van der Waals surface area (Å²) in [5.74, 6) is 1.20. The summed E-state index contributed by atoms with van der Waals surface area (Å²) >= 11 is 0. The first-order valence-electron chi connectivity index (χ1n) is 15.5. The maximum Gasteiger partial charge on any atom is 0.257 e. The number of hydrogen-bond donors (Lipinski definition) is 2. The molecular formula is C31H47FN6O4S. The second-order valence-electron chi connectivity index (χ2n) is 12.2. The van der Waals surface area contributed by atoms with Crippen molar-refractivity contribution in [3.05, 3.63) is 42.1 Å². The molecule has 0 atom stereocenters. The molecule has 2 heterocycles. The van der Waals surface area contributed by atoms with Crippen LogP contribution in [-0.4, -0.2) is 79.8 Å². The monoisotopic (exact) mass is 618 g/mol. The highest BCUT2D eigenvalue weighted by molar-refractivity contribution is 7.89. The number of ether oxygens (including phenoxy) is 1. The Morgan fingerprint density at radius 1 is 1.16 bits per heavy atom. The summed E-state index contributed by atoms with van der Waals surface area (Å²) in [4.78, 5) is 25.8. The van der Waals surface area contributed by atoms with Gasteiger partial charge in [-0.15, -0.1) is 0 Å². The number of rotatable bonds is 14. The van der Waals surface area contributed by atoms with Crippen LogP contribution in [0.5, 0.6) is 11.5 Å². The summed E-state index contributed by atoms with van der Waals surface area (Å²) in [6, 6.07) is 4.00. The number of amides is 1. The summed E-state index contributed by atoms with van der Waals surface area (Å²) in [5, 5.41) is 3.69. The van der Waals surface area contributed by atoms with Crippen LogP contribution in [0.4, 0.5) is 10.2 Å². The Morgan fingerprint density at radius 2 is 1.88 bits per heavy atom. The van der Waals surface area contributed by atoms with Crippen LogP contribution >= 0.6 is 0 Å². The van der Waals surface area contributed by atoms with Gasteiger partial charge in [-0.1, -0.05) is 6.92 Å². The molecule has 4 rings (SSSR count). The van der Waals surface area contributed by atoms with Gasteiger partial charge in [0.05, 0.1) is 17.5 Å². The second-order valence-corrected chi connectivity index (χ2v) is 14.3. The fourth-order valence-electron chi connectivity index (χ4n) is 6.13. The molecule has 238 valence electrons. The smallest absolute Gasteiger partial charge is 0.257 e. The molecule has 2 fully saturated rings. The van der Waals surface area contributed by atoms with E-state index in [0.29, 0.717) is 24.0 Å². The minimum absolute atomic E-state index is 0.0437. The van der Waals surface area contributed by atoms with Gasteiger partial charge in [0.2, 0.25) is 10.0 Å². The minimum Gasteiger partial charge on any atom is -0.451 e. The Labute approximate surface area is 255 Å². The fourth-order valence-corrected chi connectivity index (χ4v) is 7.04. The molecule has 1 aliphatic carbocycles. The number of benzene rings is 1. The molecule has 1 amide bonds. The molecule has 1 aliphatic heterocycles. The molecule has 0 unspecified atom stereocenters. The molecule has 2 N–H and O–H groups in total. The molecule has 12 heteroatoms. The van der Waals surface area contributed by atoms with Crippen LogP contribution in [0.15, 0.2) is 30.7 Å². The molecule has 43 heavy (non-hydrogen) atoms. The van der Waals surface area contributed by atoms with Crippen molar-refractivity contribution in [1.82, 2.24) is 24.9 Å². The molecule has 10 nitrogen and oxygen atoms in total. The molecule has 1 aromatic heterocycles. The predicted molar refractivity (Wildman–Crippen MR) is 167 cm³/mol. The Balaban J connectivity index is 1.35. The number of carbonyl (C=O) groups excluding carboxylic acids is 1. The molecule has 1 aromatic carbocycles. The van der Waals surface area contributed by atoms with Gasteiger partial charge in [0, 0.05) is 43.7 Å². The average molecular weight is 619 g/mol. The molecule has 0 radical (unpaired) electrons. The number of carbonyl (C=O) groups is 1. The van der Waals surface area contributed by atoms with E-state index < -0.39 is 15.8 Å². The predicted octanol–water partition coefficient (Wildman–Crippen LogP) is 4.58. The zero-order valence-corrected chi connectivity index (χ0v) is 26.9. The largest absolute Gasteiger partial charge is 0.451 e. The number of nitrogens with zero attached hydrogens (tertiary/aromatic N) is 4. The van der Waals surface area contributed by atoms with Crippen molar-refractivity contribution in [2.75, 3.05) is 43.4 Å². The van der Waals surface area contributed by atoms with Crippen LogP contribution in [0, 0.1) is 17.2 Å². The van der Waals surface area contributed by atoms with Crippen molar-refractivity contribution in [3.8, 4) is 11.5 Å². The van der Waals surface area contributed by atoms with Gasteiger partial charge in [-0.2, -0.15) is 0 Å². The standard InChI is InChI=1S/C31H47FN6O4S/c1-6-31(18-33-16-23-9-12-25(13-10-23)36-43(40,41)8-3)19-37(20-31)29-28(17-34-21-35-29)42-27-14-11-24(32)15-26(27)30(39)38(7-2)22(4)5/h11,14-15,17,21-23,25,33,36H,6-10,12-13,16,18-20H2,1-5H3. The summed E-state index contributed by atoms with van der Waals surface area (Å²) in [6.07, 6.45) is 7.85. The van der Waals surface area contributed by atoms with Crippen molar-refractivity contribution < 1.29 is 22.3 Å². The van der Waals surface area contributed by atoms with Gasteiger partial charge >= 0.3 is 0 Å². The SMILES string of the molecule is CCN(C(=O)c1cc(F)ccc1Oc1cncnc1N1CC(CC)(CNCC2CCC(NS(=O)(=O)CC)CC2)C1)C(C)C. The Morgan fingerprint density at radius 3 is 2.51 bits per heavy atom. The Bertz CT molecular complexity index is 1340. The molecule has 0 bridgehead atoms. The van der Waals surface area contributed by atoms with Crippen molar-refractivity contribution in [2.45, 2.75) is 78.8 Å². The van der Waals surface area contributed by atoms with Crippen molar-refractivity contribution in [2.24, 2.45) is 11.3 Å². The van der Waals surface area contributed by atoms with Crippen LogP contribution in [0.2, 0.25) is 0 Å². The van der Waals surface area contributed by atoms with E-state index in [1.807, 2.05) is 20.8 Å². The average Bonchev–Trinajstić information content (AvgIpc) is 2.96. The van der Waals surface area contributed by atoms with Crippen LogP contribution in [0.3, 0.4) is 0 Å². The minimum atomic E-state index is -3.16. The third-order valence-corrected chi connectivity index (χ3v) is 10.3. The Kier molecular flexibility index (Phi) is 11.0. The number of hydrogen-bond acceptors (Lipinski definition) is 8. The van der Waals surface area contributed by atoms with Crippen molar-refractivity contribution in [1.29, 1.82) is 0 Å². The van der Waals surface area contributed by atoms with E-state index in [-0.39, 0.29) is 40.5 Å². The van der Waals surface area contributed by atoms with E-state index in [9.17, 15) is 17.6 Å². The quantitative estimate of drug-likeness (QED) is 0.316.